The van der Waals surface area contributed by atoms with E-state index in [0.717, 1.165) is 24.2 Å². The summed E-state index contributed by atoms with van der Waals surface area (Å²) < 4.78 is 9.65. The second-order valence-corrected chi connectivity index (χ2v) is 8.93. The Hall–Kier alpha value is -2.13. The van der Waals surface area contributed by atoms with Crippen LogP contribution in [-0.4, -0.2) is 46.5 Å². The van der Waals surface area contributed by atoms with Gasteiger partial charge in [-0.25, -0.2) is 14.6 Å². The van der Waals surface area contributed by atoms with Gasteiger partial charge in [0.05, 0.1) is 18.9 Å². The fourth-order valence-corrected chi connectivity index (χ4v) is 6.04. The molecule has 29 heavy (non-hydrogen) atoms. The Labute approximate surface area is 179 Å². The van der Waals surface area contributed by atoms with Gasteiger partial charge < -0.3 is 14.4 Å². The van der Waals surface area contributed by atoms with Gasteiger partial charge >= 0.3 is 11.9 Å². The zero-order valence-electron chi connectivity index (χ0n) is 17.0. The van der Waals surface area contributed by atoms with Crippen LogP contribution >= 0.6 is 23.5 Å². The van der Waals surface area contributed by atoms with Crippen LogP contribution in [0.1, 0.15) is 33.6 Å². The minimum atomic E-state index is -0.837. The summed E-state index contributed by atoms with van der Waals surface area (Å²) in [5.74, 6) is -0.811. The van der Waals surface area contributed by atoms with Gasteiger partial charge in [0.15, 0.2) is 0 Å². The van der Waals surface area contributed by atoms with Crippen LogP contribution in [-0.2, 0) is 19.1 Å². The molecular weight excluding hydrogens is 410 g/mol. The quantitative estimate of drug-likeness (QED) is 0.596. The highest BCUT2D eigenvalue weighted by Gasteiger charge is 2.57. The standard InChI is InChI=1S/C20H25N3O4S2/c1-5-11-15-16(18(24)26-6-2)28-20(22(15)4)23(14-12-9-8-10-13-14)21-17(29-20)19(25)27-7-3/h8-10,12-13H,5-7,11H2,1-4H3/t20-/m0/s1. The average Bonchev–Trinajstić information content (AvgIpc) is 3.24. The molecule has 0 N–H and O–H groups in total. The van der Waals surface area contributed by atoms with Crippen LogP contribution in [0.3, 0.4) is 0 Å². The topological polar surface area (TPSA) is 71.4 Å². The molecule has 2 aliphatic rings. The summed E-state index contributed by atoms with van der Waals surface area (Å²) in [7, 11) is 1.93. The van der Waals surface area contributed by atoms with Gasteiger partial charge in [0.1, 0.15) is 4.91 Å². The van der Waals surface area contributed by atoms with Crippen LogP contribution < -0.4 is 5.01 Å². The third-order valence-electron chi connectivity index (χ3n) is 4.41. The summed E-state index contributed by atoms with van der Waals surface area (Å²) in [5.41, 5.74) is 1.71. The first-order valence-corrected chi connectivity index (χ1v) is 11.2. The number of rotatable bonds is 7. The Kier molecular flexibility index (Phi) is 6.79. The number of ether oxygens (including phenoxy) is 2. The zero-order valence-corrected chi connectivity index (χ0v) is 18.6. The van der Waals surface area contributed by atoms with Gasteiger partial charge in [-0.1, -0.05) is 43.3 Å². The van der Waals surface area contributed by atoms with Crippen molar-refractivity contribution in [2.75, 3.05) is 25.3 Å². The van der Waals surface area contributed by atoms with Crippen molar-refractivity contribution in [1.82, 2.24) is 4.90 Å². The number of hydrogen-bond acceptors (Lipinski definition) is 9. The highest BCUT2D eigenvalue weighted by atomic mass is 32.2. The molecule has 3 rings (SSSR count). The molecule has 0 unspecified atom stereocenters. The summed E-state index contributed by atoms with van der Waals surface area (Å²) in [5, 5.41) is 6.64. The predicted octanol–water partition coefficient (Wildman–Crippen LogP) is 3.98. The number of allylic oxidation sites excluding steroid dienone is 1. The molecule has 1 aromatic carbocycles. The van der Waals surface area contributed by atoms with Crippen molar-refractivity contribution in [3.8, 4) is 0 Å². The maximum atomic E-state index is 12.7. The zero-order chi connectivity index (χ0) is 21.0. The minimum absolute atomic E-state index is 0.260. The minimum Gasteiger partial charge on any atom is -0.462 e. The molecule has 1 spiro atoms. The number of esters is 2. The van der Waals surface area contributed by atoms with E-state index in [-0.39, 0.29) is 17.6 Å². The largest absolute Gasteiger partial charge is 0.462 e. The summed E-state index contributed by atoms with van der Waals surface area (Å²) in [6.07, 6.45) is 1.60. The van der Waals surface area contributed by atoms with Gasteiger partial charge in [0.25, 0.3) is 0 Å². The van der Waals surface area contributed by atoms with Gasteiger partial charge in [-0.05, 0) is 44.2 Å². The van der Waals surface area contributed by atoms with Crippen molar-refractivity contribution in [1.29, 1.82) is 0 Å². The first kappa shape index (κ1) is 21.6. The lowest BCUT2D eigenvalue weighted by Crippen LogP contribution is -2.47. The molecule has 0 saturated heterocycles. The number of hydrazone groups is 1. The van der Waals surface area contributed by atoms with Crippen molar-refractivity contribution >= 4 is 46.2 Å². The number of para-hydroxylation sites is 1. The lowest BCUT2D eigenvalue weighted by atomic mass is 10.2. The number of carbonyl (C=O) groups is 2. The second kappa shape index (κ2) is 9.13. The van der Waals surface area contributed by atoms with E-state index in [0.29, 0.717) is 11.5 Å². The van der Waals surface area contributed by atoms with Crippen molar-refractivity contribution in [3.63, 3.8) is 0 Å². The molecule has 0 aliphatic carbocycles. The fraction of sp³-hybridized carbons (Fsp3) is 0.450. The van der Waals surface area contributed by atoms with Crippen LogP contribution in [0, 0.1) is 0 Å². The molecule has 156 valence electrons. The van der Waals surface area contributed by atoms with Crippen molar-refractivity contribution in [3.05, 3.63) is 40.9 Å². The van der Waals surface area contributed by atoms with Gasteiger partial charge in [0, 0.05) is 12.7 Å². The molecule has 0 fully saturated rings. The highest BCUT2D eigenvalue weighted by molar-refractivity contribution is 8.28. The van der Waals surface area contributed by atoms with E-state index >= 15 is 0 Å². The number of carbonyl (C=O) groups excluding carboxylic acids is 2. The van der Waals surface area contributed by atoms with Crippen molar-refractivity contribution < 1.29 is 19.1 Å². The number of anilines is 1. The van der Waals surface area contributed by atoms with Crippen molar-refractivity contribution in [2.45, 2.75) is 37.9 Å². The third kappa shape index (κ3) is 3.98. The molecule has 0 saturated carbocycles. The lowest BCUT2D eigenvalue weighted by molar-refractivity contribution is -0.137. The number of benzene rings is 1. The molecule has 1 aromatic rings. The van der Waals surface area contributed by atoms with Gasteiger partial charge in [0.2, 0.25) is 9.37 Å². The lowest BCUT2D eigenvalue weighted by Gasteiger charge is -2.39. The van der Waals surface area contributed by atoms with Gasteiger partial charge in [-0.15, -0.1) is 0 Å². The van der Waals surface area contributed by atoms with Crippen molar-refractivity contribution in [2.24, 2.45) is 5.10 Å². The smallest absolute Gasteiger partial charge is 0.365 e. The maximum Gasteiger partial charge on any atom is 0.365 e. The summed E-state index contributed by atoms with van der Waals surface area (Å²) in [6.45, 7) is 6.20. The van der Waals surface area contributed by atoms with Gasteiger partial charge in [-0.3, -0.25) is 0 Å². The van der Waals surface area contributed by atoms with E-state index in [1.807, 2.05) is 42.3 Å². The molecule has 2 aliphatic heterocycles. The van der Waals surface area contributed by atoms with Crippen LogP contribution in [0.15, 0.2) is 46.0 Å². The molecule has 0 radical (unpaired) electrons. The van der Waals surface area contributed by atoms with E-state index in [1.54, 1.807) is 18.9 Å². The highest BCUT2D eigenvalue weighted by Crippen LogP contribution is 2.59. The first-order chi connectivity index (χ1) is 14.0. The average molecular weight is 436 g/mol. The SMILES string of the molecule is CCCC1=C(C(=O)OCC)S[C@]2(SC(C(=O)OCC)=NN2c2ccccc2)N1C. The molecule has 2 heterocycles. The first-order valence-electron chi connectivity index (χ1n) is 9.61. The number of hydrogen-bond donors (Lipinski definition) is 0. The maximum absolute atomic E-state index is 12.7. The molecule has 9 heteroatoms. The van der Waals surface area contributed by atoms with Crippen LogP contribution in [0.5, 0.6) is 0 Å². The molecule has 0 aromatic heterocycles. The summed E-state index contributed by atoms with van der Waals surface area (Å²) in [6, 6.07) is 9.60. The Bertz CT molecular complexity index is 843. The summed E-state index contributed by atoms with van der Waals surface area (Å²) >= 11 is 2.65. The molecule has 7 nitrogen and oxygen atoms in total. The Morgan fingerprint density at radius 2 is 1.69 bits per heavy atom. The Morgan fingerprint density at radius 1 is 1.03 bits per heavy atom. The third-order valence-corrected chi connectivity index (χ3v) is 7.39. The van der Waals surface area contributed by atoms with Crippen LogP contribution in [0.2, 0.25) is 0 Å². The van der Waals surface area contributed by atoms with E-state index in [4.69, 9.17) is 9.47 Å². The van der Waals surface area contributed by atoms with Crippen LogP contribution in [0.4, 0.5) is 5.69 Å². The van der Waals surface area contributed by atoms with E-state index < -0.39 is 10.3 Å². The Balaban J connectivity index is 2.04. The normalized spacial score (nSPS) is 21.0. The number of thioether (sulfide) groups is 2. The Morgan fingerprint density at radius 3 is 2.31 bits per heavy atom. The van der Waals surface area contributed by atoms with E-state index in [2.05, 4.69) is 12.0 Å². The molecule has 0 amide bonds. The predicted molar refractivity (Wildman–Crippen MR) is 117 cm³/mol. The molecule has 1 atom stereocenters. The second-order valence-electron chi connectivity index (χ2n) is 6.33. The monoisotopic (exact) mass is 435 g/mol. The van der Waals surface area contributed by atoms with E-state index in [1.165, 1.54) is 23.5 Å². The summed E-state index contributed by atoms with van der Waals surface area (Å²) in [4.78, 5) is 27.7. The van der Waals surface area contributed by atoms with E-state index in [9.17, 15) is 9.59 Å². The fourth-order valence-electron chi connectivity index (χ4n) is 3.14. The molecular formula is C20H25N3O4S2. The number of nitrogens with zero attached hydrogens (tertiary/aromatic N) is 3. The molecule has 0 bridgehead atoms. The van der Waals surface area contributed by atoms with Crippen LogP contribution in [0.25, 0.3) is 0 Å². The van der Waals surface area contributed by atoms with Gasteiger partial charge in [-0.2, -0.15) is 5.10 Å².